The summed E-state index contributed by atoms with van der Waals surface area (Å²) in [5.74, 6) is 1.24. The van der Waals surface area contributed by atoms with Crippen LogP contribution in [-0.2, 0) is 16.3 Å². The van der Waals surface area contributed by atoms with Crippen molar-refractivity contribution in [1.82, 2.24) is 14.5 Å². The lowest BCUT2D eigenvalue weighted by atomic mass is 10.1. The smallest absolute Gasteiger partial charge is 0.228 e. The first-order valence-corrected chi connectivity index (χ1v) is 14.1. The predicted molar refractivity (Wildman–Crippen MR) is 123 cm³/mol. The van der Waals surface area contributed by atoms with Gasteiger partial charge in [-0.3, -0.25) is 4.79 Å². The van der Waals surface area contributed by atoms with Crippen LogP contribution in [0.4, 0.5) is 11.6 Å². The number of aromatic nitrogens is 3. The number of ether oxygens (including phenoxy) is 1. The number of fused-ring (bicyclic) bond motifs is 1. The number of carbonyl (C=O) groups is 1. The molecule has 1 fully saturated rings. The van der Waals surface area contributed by atoms with E-state index in [1.807, 2.05) is 29.0 Å². The third-order valence-electron chi connectivity index (χ3n) is 5.25. The maximum atomic E-state index is 12.2. The SMILES string of the molecule is C[Si](C)(C)CCOCn1cc(-c2ccc(N)nc2)c2ccc(NC(=O)C3CC3)nc21. The van der Waals surface area contributed by atoms with Gasteiger partial charge in [0.2, 0.25) is 5.91 Å². The molecular weight excluding hydrogens is 394 g/mol. The van der Waals surface area contributed by atoms with Crippen molar-refractivity contribution in [2.24, 2.45) is 5.92 Å². The number of hydrogen-bond acceptors (Lipinski definition) is 5. The third-order valence-corrected chi connectivity index (χ3v) is 6.95. The number of carbonyl (C=O) groups excluding carboxylic acids is 1. The van der Waals surface area contributed by atoms with E-state index in [0.717, 1.165) is 47.7 Å². The first-order chi connectivity index (χ1) is 14.3. The molecule has 0 saturated heterocycles. The highest BCUT2D eigenvalue weighted by molar-refractivity contribution is 6.76. The van der Waals surface area contributed by atoms with Gasteiger partial charge in [0.1, 0.15) is 24.0 Å². The number of rotatable bonds is 8. The van der Waals surface area contributed by atoms with Crippen LogP contribution in [0, 0.1) is 5.92 Å². The van der Waals surface area contributed by atoms with Gasteiger partial charge in [0, 0.05) is 49.5 Å². The summed E-state index contributed by atoms with van der Waals surface area (Å²) in [5, 5.41) is 3.93. The molecule has 3 aromatic rings. The Hall–Kier alpha value is -2.71. The molecule has 8 heteroatoms. The van der Waals surface area contributed by atoms with E-state index >= 15 is 0 Å². The van der Waals surface area contributed by atoms with E-state index in [0.29, 0.717) is 18.4 Å². The van der Waals surface area contributed by atoms with Gasteiger partial charge in [0.05, 0.1) is 0 Å². The molecule has 0 aromatic carbocycles. The maximum Gasteiger partial charge on any atom is 0.228 e. The van der Waals surface area contributed by atoms with Gasteiger partial charge in [-0.2, -0.15) is 0 Å². The van der Waals surface area contributed by atoms with Gasteiger partial charge in [-0.1, -0.05) is 19.6 Å². The number of hydrogen-bond donors (Lipinski definition) is 2. The Morgan fingerprint density at radius 3 is 2.73 bits per heavy atom. The largest absolute Gasteiger partial charge is 0.384 e. The average Bonchev–Trinajstić information content (AvgIpc) is 3.48. The van der Waals surface area contributed by atoms with E-state index in [-0.39, 0.29) is 11.8 Å². The summed E-state index contributed by atoms with van der Waals surface area (Å²) < 4.78 is 7.97. The van der Waals surface area contributed by atoms with Gasteiger partial charge in [-0.15, -0.1) is 0 Å². The topological polar surface area (TPSA) is 95.1 Å². The van der Waals surface area contributed by atoms with Crippen molar-refractivity contribution in [3.05, 3.63) is 36.7 Å². The molecule has 0 bridgehead atoms. The molecule has 0 spiro atoms. The third kappa shape index (κ3) is 4.88. The number of amides is 1. The lowest BCUT2D eigenvalue weighted by Gasteiger charge is -2.15. The minimum absolute atomic E-state index is 0.0503. The standard InChI is InChI=1S/C22H29N5O2Si/c1-30(2,3)11-10-29-14-27-13-18(16-6-8-19(23)24-12-16)17-7-9-20(25-21(17)27)26-22(28)15-4-5-15/h6-9,12-13,15H,4-5,10-11,14H2,1-3H3,(H2,23,24)(H,25,26,28). The molecule has 30 heavy (non-hydrogen) atoms. The van der Waals surface area contributed by atoms with E-state index in [9.17, 15) is 4.79 Å². The maximum absolute atomic E-state index is 12.2. The van der Waals surface area contributed by atoms with Crippen molar-refractivity contribution < 1.29 is 9.53 Å². The van der Waals surface area contributed by atoms with E-state index in [1.165, 1.54) is 0 Å². The van der Waals surface area contributed by atoms with Crippen molar-refractivity contribution in [1.29, 1.82) is 0 Å². The molecule has 3 N–H and O–H groups in total. The van der Waals surface area contributed by atoms with Gasteiger partial charge < -0.3 is 20.4 Å². The summed E-state index contributed by atoms with van der Waals surface area (Å²) in [6.07, 6.45) is 5.72. The van der Waals surface area contributed by atoms with Crippen LogP contribution in [0.25, 0.3) is 22.2 Å². The number of pyridine rings is 2. The average molecular weight is 424 g/mol. The molecule has 1 saturated carbocycles. The van der Waals surface area contributed by atoms with Crippen molar-refractivity contribution in [2.75, 3.05) is 17.7 Å². The summed E-state index contributed by atoms with van der Waals surface area (Å²) in [6.45, 7) is 8.15. The zero-order valence-electron chi connectivity index (χ0n) is 17.8. The van der Waals surface area contributed by atoms with Crippen LogP contribution in [0.1, 0.15) is 12.8 Å². The van der Waals surface area contributed by atoms with Crippen molar-refractivity contribution in [3.8, 4) is 11.1 Å². The summed E-state index contributed by atoms with van der Waals surface area (Å²) in [4.78, 5) is 21.1. The number of nitrogens with two attached hydrogens (primary N) is 1. The number of nitrogens with zero attached hydrogens (tertiary/aromatic N) is 3. The van der Waals surface area contributed by atoms with E-state index in [4.69, 9.17) is 15.5 Å². The van der Waals surface area contributed by atoms with Crippen LogP contribution < -0.4 is 11.1 Å². The molecule has 1 aliphatic carbocycles. The molecule has 3 heterocycles. The zero-order valence-corrected chi connectivity index (χ0v) is 18.8. The van der Waals surface area contributed by atoms with Crippen LogP contribution in [0.15, 0.2) is 36.7 Å². The van der Waals surface area contributed by atoms with Gasteiger partial charge in [-0.25, -0.2) is 9.97 Å². The Morgan fingerprint density at radius 2 is 2.07 bits per heavy atom. The highest BCUT2D eigenvalue weighted by atomic mass is 28.3. The molecule has 3 aromatic heterocycles. The number of anilines is 2. The lowest BCUT2D eigenvalue weighted by Crippen LogP contribution is -2.22. The van der Waals surface area contributed by atoms with E-state index in [2.05, 4.69) is 29.9 Å². The monoisotopic (exact) mass is 423 g/mol. The summed E-state index contributed by atoms with van der Waals surface area (Å²) in [5.41, 5.74) is 8.51. The number of nitrogen functional groups attached to an aromatic ring is 1. The minimum Gasteiger partial charge on any atom is -0.384 e. The molecule has 1 aliphatic rings. The molecule has 0 radical (unpaired) electrons. The normalized spacial score (nSPS) is 14.2. The van der Waals surface area contributed by atoms with Crippen molar-refractivity contribution >= 4 is 36.7 Å². The van der Waals surface area contributed by atoms with Crippen LogP contribution in [0.3, 0.4) is 0 Å². The zero-order chi connectivity index (χ0) is 21.3. The molecular formula is C22H29N5O2Si. The lowest BCUT2D eigenvalue weighted by molar-refractivity contribution is -0.117. The van der Waals surface area contributed by atoms with Crippen LogP contribution in [0.2, 0.25) is 25.7 Å². The molecule has 0 atom stereocenters. The second-order valence-corrected chi connectivity index (χ2v) is 14.8. The Morgan fingerprint density at radius 1 is 1.27 bits per heavy atom. The second kappa shape index (κ2) is 8.20. The fraction of sp³-hybridized carbons (Fsp3) is 0.409. The van der Waals surface area contributed by atoms with Gasteiger partial charge >= 0.3 is 0 Å². The van der Waals surface area contributed by atoms with Gasteiger partial charge in [0.25, 0.3) is 0 Å². The Balaban J connectivity index is 1.63. The predicted octanol–water partition coefficient (Wildman–Crippen LogP) is 4.34. The second-order valence-electron chi connectivity index (χ2n) is 9.16. The fourth-order valence-electron chi connectivity index (χ4n) is 3.24. The molecule has 4 rings (SSSR count). The van der Waals surface area contributed by atoms with Crippen LogP contribution in [-0.4, -0.2) is 35.1 Å². The molecule has 7 nitrogen and oxygen atoms in total. The number of nitrogens with one attached hydrogen (secondary N) is 1. The van der Waals surface area contributed by atoms with Crippen molar-refractivity contribution in [2.45, 2.75) is 45.3 Å². The highest BCUT2D eigenvalue weighted by Crippen LogP contribution is 2.32. The van der Waals surface area contributed by atoms with E-state index in [1.54, 1.807) is 12.3 Å². The van der Waals surface area contributed by atoms with Crippen LogP contribution >= 0.6 is 0 Å². The molecule has 0 unspecified atom stereocenters. The first-order valence-electron chi connectivity index (χ1n) is 10.4. The Kier molecular flexibility index (Phi) is 5.62. The first kappa shape index (κ1) is 20.6. The van der Waals surface area contributed by atoms with Gasteiger partial charge in [-0.05, 0) is 43.2 Å². The highest BCUT2D eigenvalue weighted by Gasteiger charge is 2.30. The quantitative estimate of drug-likeness (QED) is 0.415. The van der Waals surface area contributed by atoms with Crippen molar-refractivity contribution in [3.63, 3.8) is 0 Å². The molecule has 1 amide bonds. The minimum atomic E-state index is -1.15. The fourth-order valence-corrected chi connectivity index (χ4v) is 4.00. The molecule has 0 aliphatic heterocycles. The molecule has 158 valence electrons. The van der Waals surface area contributed by atoms with Gasteiger partial charge in [0.15, 0.2) is 0 Å². The Labute approximate surface area is 177 Å². The summed E-state index contributed by atoms with van der Waals surface area (Å²) >= 11 is 0. The van der Waals surface area contributed by atoms with E-state index < -0.39 is 8.07 Å². The Bertz CT molecular complexity index is 1050. The summed E-state index contributed by atoms with van der Waals surface area (Å²) in [6, 6.07) is 8.70. The summed E-state index contributed by atoms with van der Waals surface area (Å²) in [7, 11) is -1.15. The van der Waals surface area contributed by atoms with Crippen LogP contribution in [0.5, 0.6) is 0 Å².